The minimum atomic E-state index is -0.861. The zero-order chi connectivity index (χ0) is 24.1. The van der Waals surface area contributed by atoms with Crippen LogP contribution >= 0.6 is 0 Å². The molecular weight excluding hydrogens is 450 g/mol. The van der Waals surface area contributed by atoms with Crippen LogP contribution in [0.1, 0.15) is 48.8 Å². The van der Waals surface area contributed by atoms with Gasteiger partial charge < -0.3 is 19.7 Å². The second-order valence-electron chi connectivity index (χ2n) is 11.9. The van der Waals surface area contributed by atoms with Gasteiger partial charge in [-0.05, 0) is 85.0 Å². The van der Waals surface area contributed by atoms with E-state index in [0.29, 0.717) is 18.8 Å². The summed E-state index contributed by atoms with van der Waals surface area (Å²) < 4.78 is 13.2. The highest BCUT2D eigenvalue weighted by atomic mass is 16.6. The lowest BCUT2D eigenvalue weighted by Gasteiger charge is -2.64. The molecule has 3 fully saturated rings. The quantitative estimate of drug-likeness (QED) is 0.551. The second-order valence-corrected chi connectivity index (χ2v) is 11.9. The number of hydrogen-bond donors (Lipinski definition) is 2. The van der Waals surface area contributed by atoms with Crippen LogP contribution in [0.25, 0.3) is 10.8 Å². The number of fused-ring (bicyclic) bond motifs is 1. The number of aliphatic hydroxyl groups is 1. The predicted octanol–water partition coefficient (Wildman–Crippen LogP) is 4.69. The number of likely N-dealkylation sites (tertiary alicyclic amines) is 1. The van der Waals surface area contributed by atoms with E-state index in [9.17, 15) is 10.2 Å². The molecule has 5 atom stereocenters. The summed E-state index contributed by atoms with van der Waals surface area (Å²) >= 11 is 0. The fraction of sp³-hybridized carbons (Fsp3) is 0.484. The number of piperidine rings is 1. The summed E-state index contributed by atoms with van der Waals surface area (Å²) in [5, 5.41) is 25.8. The van der Waals surface area contributed by atoms with Gasteiger partial charge in [-0.3, -0.25) is 4.90 Å². The largest absolute Gasteiger partial charge is 0.504 e. The maximum Gasteiger partial charge on any atom is 0.165 e. The molecule has 3 aromatic carbocycles. The van der Waals surface area contributed by atoms with Crippen molar-refractivity contribution in [3.63, 3.8) is 0 Å². The predicted molar refractivity (Wildman–Crippen MR) is 137 cm³/mol. The number of hydrogen-bond acceptors (Lipinski definition) is 5. The van der Waals surface area contributed by atoms with Crippen LogP contribution in [-0.4, -0.2) is 52.1 Å². The van der Waals surface area contributed by atoms with E-state index in [1.165, 1.54) is 29.2 Å². The van der Waals surface area contributed by atoms with Crippen molar-refractivity contribution in [3.8, 4) is 11.5 Å². The van der Waals surface area contributed by atoms with Crippen LogP contribution < -0.4 is 4.74 Å². The van der Waals surface area contributed by atoms with Gasteiger partial charge in [-0.15, -0.1) is 0 Å². The van der Waals surface area contributed by atoms with Crippen LogP contribution in [-0.2, 0) is 23.2 Å². The zero-order valence-corrected chi connectivity index (χ0v) is 20.5. The highest BCUT2D eigenvalue weighted by Crippen LogP contribution is 2.65. The molecule has 8 rings (SSSR count). The molecule has 5 aliphatic rings. The van der Waals surface area contributed by atoms with Crippen LogP contribution in [0, 0.1) is 5.92 Å². The van der Waals surface area contributed by atoms with Crippen molar-refractivity contribution in [2.45, 2.75) is 74.4 Å². The average Bonchev–Trinajstić information content (AvgIpc) is 3.63. The number of aromatic hydroxyl groups is 1. The molecule has 1 saturated heterocycles. The lowest BCUT2D eigenvalue weighted by atomic mass is 9.48. The fourth-order valence-corrected chi connectivity index (χ4v) is 8.14. The Hall–Kier alpha value is -2.60. The first-order chi connectivity index (χ1) is 17.6. The van der Waals surface area contributed by atoms with Crippen molar-refractivity contribution in [2.24, 2.45) is 5.92 Å². The molecule has 2 saturated carbocycles. The molecule has 2 heterocycles. The lowest BCUT2D eigenvalue weighted by Crippen LogP contribution is -2.77. The number of phenolic OH excluding ortho intramolecular Hbond substituents is 1. The maximum atomic E-state index is 12.6. The summed E-state index contributed by atoms with van der Waals surface area (Å²) in [6.07, 6.45) is 5.34. The van der Waals surface area contributed by atoms with Gasteiger partial charge in [0, 0.05) is 18.2 Å². The molecule has 2 bridgehead atoms. The summed E-state index contributed by atoms with van der Waals surface area (Å²) in [5.41, 5.74) is 2.06. The van der Waals surface area contributed by atoms with E-state index < -0.39 is 11.0 Å². The molecule has 0 aromatic heterocycles. The lowest BCUT2D eigenvalue weighted by molar-refractivity contribution is -0.217. The van der Waals surface area contributed by atoms with Gasteiger partial charge >= 0.3 is 0 Å². The van der Waals surface area contributed by atoms with Crippen LogP contribution in [0.3, 0.4) is 0 Å². The van der Waals surface area contributed by atoms with Crippen molar-refractivity contribution in [1.82, 2.24) is 4.90 Å². The Bertz CT molecular complexity index is 1370. The number of ether oxygens (including phenoxy) is 2. The van der Waals surface area contributed by atoms with Crippen molar-refractivity contribution < 1.29 is 19.7 Å². The van der Waals surface area contributed by atoms with Crippen molar-refractivity contribution >= 4 is 10.8 Å². The maximum absolute atomic E-state index is 12.6. The molecular formula is C31H33NO4. The first-order valence-corrected chi connectivity index (χ1v) is 13.6. The van der Waals surface area contributed by atoms with Crippen molar-refractivity contribution in [2.75, 3.05) is 13.1 Å². The molecule has 2 N–H and O–H groups in total. The SMILES string of the molecule is Oc1ccc2c3c1O[C@H]1[C@@H](OCc4ccc5ccccc5c4)CC[C@@]4(O)[C@@H](C2)N(CC2CC2)CC[C@]314. The fourth-order valence-electron chi connectivity index (χ4n) is 8.14. The summed E-state index contributed by atoms with van der Waals surface area (Å²) in [6, 6.07) is 18.8. The number of benzene rings is 3. The molecule has 2 aliphatic heterocycles. The molecule has 0 radical (unpaired) electrons. The number of phenols is 1. The summed E-state index contributed by atoms with van der Waals surface area (Å²) in [6.45, 7) is 2.57. The number of nitrogens with zero attached hydrogens (tertiary/aromatic N) is 1. The Balaban J connectivity index is 1.15. The number of rotatable bonds is 5. The smallest absolute Gasteiger partial charge is 0.165 e. The van der Waals surface area contributed by atoms with Crippen LogP contribution in [0.5, 0.6) is 11.5 Å². The third-order valence-corrected chi connectivity index (χ3v) is 9.99. The first-order valence-electron chi connectivity index (χ1n) is 13.6. The Kier molecular flexibility index (Phi) is 4.46. The van der Waals surface area contributed by atoms with Gasteiger partial charge in [0.1, 0.15) is 6.10 Å². The molecule has 5 nitrogen and oxygen atoms in total. The van der Waals surface area contributed by atoms with Crippen LogP contribution in [0.4, 0.5) is 0 Å². The van der Waals surface area contributed by atoms with Gasteiger partial charge in [0.25, 0.3) is 0 Å². The van der Waals surface area contributed by atoms with E-state index in [0.717, 1.165) is 49.4 Å². The zero-order valence-electron chi connectivity index (χ0n) is 20.5. The molecule has 0 amide bonds. The van der Waals surface area contributed by atoms with Gasteiger partial charge in [-0.2, -0.15) is 0 Å². The van der Waals surface area contributed by atoms with Crippen LogP contribution in [0.15, 0.2) is 54.6 Å². The van der Waals surface area contributed by atoms with E-state index in [1.54, 1.807) is 6.07 Å². The normalized spacial score (nSPS) is 34.4. The van der Waals surface area contributed by atoms with Gasteiger partial charge in [-0.1, -0.05) is 42.5 Å². The topological polar surface area (TPSA) is 62.2 Å². The van der Waals surface area contributed by atoms with Gasteiger partial charge in [-0.25, -0.2) is 0 Å². The minimum Gasteiger partial charge on any atom is -0.504 e. The van der Waals surface area contributed by atoms with E-state index >= 15 is 0 Å². The van der Waals surface area contributed by atoms with Gasteiger partial charge in [0.15, 0.2) is 11.5 Å². The standard InChI is InChI=1S/C31H33NO4/c33-24-10-9-23-16-26-31(34)12-11-25(35-18-20-7-8-21-3-1-2-4-22(21)15-20)29-30(31,27(23)28(24)36-29)13-14-32(26)17-19-5-6-19/h1-4,7-10,15,19,25-26,29,33-34H,5-6,11-14,16-18H2/t25-,26+,29-,30-,31+/m0/s1. The summed E-state index contributed by atoms with van der Waals surface area (Å²) in [5.74, 6) is 1.56. The van der Waals surface area contributed by atoms with Crippen molar-refractivity contribution in [1.29, 1.82) is 0 Å². The third kappa shape index (κ3) is 2.82. The first kappa shape index (κ1) is 21.5. The second kappa shape index (κ2) is 7.47. The van der Waals surface area contributed by atoms with Crippen molar-refractivity contribution in [3.05, 3.63) is 71.3 Å². The highest BCUT2D eigenvalue weighted by Gasteiger charge is 2.73. The highest BCUT2D eigenvalue weighted by molar-refractivity contribution is 5.82. The summed E-state index contributed by atoms with van der Waals surface area (Å²) in [7, 11) is 0. The Morgan fingerprint density at radius 1 is 1.00 bits per heavy atom. The average molecular weight is 484 g/mol. The molecule has 186 valence electrons. The van der Waals surface area contributed by atoms with Crippen LogP contribution in [0.2, 0.25) is 0 Å². The molecule has 5 heteroatoms. The van der Waals surface area contributed by atoms with Gasteiger partial charge in [0.05, 0.1) is 23.7 Å². The van der Waals surface area contributed by atoms with E-state index in [1.807, 2.05) is 0 Å². The monoisotopic (exact) mass is 483 g/mol. The Morgan fingerprint density at radius 2 is 1.86 bits per heavy atom. The minimum absolute atomic E-state index is 0.0994. The Labute approximate surface area is 211 Å². The molecule has 3 aromatic rings. The third-order valence-electron chi connectivity index (χ3n) is 9.99. The van der Waals surface area contributed by atoms with E-state index in [4.69, 9.17) is 9.47 Å². The molecule has 36 heavy (non-hydrogen) atoms. The molecule has 3 aliphatic carbocycles. The molecule has 0 unspecified atom stereocenters. The molecule has 1 spiro atoms. The Morgan fingerprint density at radius 3 is 2.72 bits per heavy atom. The van der Waals surface area contributed by atoms with Gasteiger partial charge in [0.2, 0.25) is 0 Å². The van der Waals surface area contributed by atoms with E-state index in [2.05, 4.69) is 53.4 Å². The van der Waals surface area contributed by atoms with E-state index in [-0.39, 0.29) is 24.0 Å². The summed E-state index contributed by atoms with van der Waals surface area (Å²) in [4.78, 5) is 2.57.